The highest BCUT2D eigenvalue weighted by Crippen LogP contribution is 2.24. The quantitative estimate of drug-likeness (QED) is 0.665. The zero-order valence-electron chi connectivity index (χ0n) is 10.1. The van der Waals surface area contributed by atoms with Gasteiger partial charge in [0.2, 0.25) is 0 Å². The molecule has 0 saturated heterocycles. The van der Waals surface area contributed by atoms with Gasteiger partial charge in [0.25, 0.3) is 10.0 Å². The molecule has 6 nitrogen and oxygen atoms in total. The molecule has 1 heterocycles. The lowest BCUT2D eigenvalue weighted by molar-refractivity contribution is 0.119. The summed E-state index contributed by atoms with van der Waals surface area (Å²) in [5, 5.41) is 9.39. The van der Waals surface area contributed by atoms with E-state index in [1.807, 2.05) is 13.8 Å². The molecule has 0 aromatic carbocycles. The number of rotatable bonds is 7. The number of nitrogens with one attached hydrogen (secondary N) is 2. The number of hydrogen-bond donors (Lipinski definition) is 3. The van der Waals surface area contributed by atoms with Crippen LogP contribution >= 0.6 is 0 Å². The molecule has 0 bridgehead atoms. The van der Waals surface area contributed by atoms with Crippen molar-refractivity contribution in [2.24, 2.45) is 5.41 Å². The van der Waals surface area contributed by atoms with Crippen LogP contribution < -0.4 is 4.72 Å². The Morgan fingerprint density at radius 2 is 2.12 bits per heavy atom. The van der Waals surface area contributed by atoms with Gasteiger partial charge in [-0.05, 0) is 12.8 Å². The van der Waals surface area contributed by atoms with E-state index in [9.17, 15) is 13.5 Å². The van der Waals surface area contributed by atoms with Gasteiger partial charge in [-0.15, -0.1) is 0 Å². The summed E-state index contributed by atoms with van der Waals surface area (Å²) in [6.45, 7) is 4.05. The first-order chi connectivity index (χ1) is 7.99. The van der Waals surface area contributed by atoms with Gasteiger partial charge in [0.05, 0.1) is 12.5 Å². The molecule has 7 heteroatoms. The number of aromatic amines is 1. The lowest BCUT2D eigenvalue weighted by atomic mass is 9.84. The fraction of sp³-hybridized carbons (Fsp3) is 0.700. The van der Waals surface area contributed by atoms with E-state index in [2.05, 4.69) is 14.7 Å². The number of H-pyrrole nitrogens is 1. The molecule has 0 aliphatic rings. The number of aliphatic hydroxyl groups excluding tert-OH is 1. The van der Waals surface area contributed by atoms with Gasteiger partial charge in [0, 0.05) is 18.6 Å². The van der Waals surface area contributed by atoms with Gasteiger partial charge >= 0.3 is 0 Å². The minimum atomic E-state index is -3.56. The highest BCUT2D eigenvalue weighted by atomic mass is 32.2. The summed E-state index contributed by atoms with van der Waals surface area (Å²) in [4.78, 5) is 6.21. The molecule has 0 spiro atoms. The van der Waals surface area contributed by atoms with Crippen LogP contribution in [0.2, 0.25) is 0 Å². The van der Waals surface area contributed by atoms with Crippen molar-refractivity contribution in [2.75, 3.05) is 13.2 Å². The second-order valence-electron chi connectivity index (χ2n) is 4.11. The summed E-state index contributed by atoms with van der Waals surface area (Å²) in [7, 11) is -3.56. The van der Waals surface area contributed by atoms with Gasteiger partial charge in [0.15, 0.2) is 5.03 Å². The zero-order chi connectivity index (χ0) is 12.9. The Kier molecular flexibility index (Phi) is 4.67. The molecule has 1 rings (SSSR count). The van der Waals surface area contributed by atoms with Crippen molar-refractivity contribution in [3.8, 4) is 0 Å². The second-order valence-corrected chi connectivity index (χ2v) is 5.84. The number of sulfonamides is 1. The number of imidazole rings is 1. The van der Waals surface area contributed by atoms with Crippen LogP contribution in [0.3, 0.4) is 0 Å². The Hall–Kier alpha value is -0.920. The van der Waals surface area contributed by atoms with Crippen LogP contribution in [-0.2, 0) is 10.0 Å². The number of hydrogen-bond acceptors (Lipinski definition) is 4. The Morgan fingerprint density at radius 3 is 2.53 bits per heavy atom. The third kappa shape index (κ3) is 3.27. The molecule has 0 radical (unpaired) electrons. The number of nitrogens with zero attached hydrogens (tertiary/aromatic N) is 1. The van der Waals surface area contributed by atoms with Crippen LogP contribution in [0.25, 0.3) is 0 Å². The SMILES string of the molecule is CCC(CC)(CO)CNS(=O)(=O)c1cnc[nH]1. The molecule has 1 aromatic rings. The van der Waals surface area contributed by atoms with Crippen molar-refractivity contribution in [1.29, 1.82) is 0 Å². The summed E-state index contributed by atoms with van der Waals surface area (Å²) in [6, 6.07) is 0. The van der Waals surface area contributed by atoms with Gasteiger partial charge in [-0.25, -0.2) is 18.1 Å². The summed E-state index contributed by atoms with van der Waals surface area (Å²) < 4.78 is 26.1. The summed E-state index contributed by atoms with van der Waals surface area (Å²) in [6.07, 6.45) is 3.99. The first kappa shape index (κ1) is 14.1. The molecule has 0 fully saturated rings. The number of aliphatic hydroxyl groups is 1. The van der Waals surface area contributed by atoms with E-state index >= 15 is 0 Å². The molecular formula is C10H19N3O3S. The van der Waals surface area contributed by atoms with Crippen LogP contribution in [0.5, 0.6) is 0 Å². The van der Waals surface area contributed by atoms with Crippen LogP contribution in [0.1, 0.15) is 26.7 Å². The average molecular weight is 261 g/mol. The van der Waals surface area contributed by atoms with Crippen molar-refractivity contribution in [2.45, 2.75) is 31.7 Å². The molecular weight excluding hydrogens is 242 g/mol. The van der Waals surface area contributed by atoms with E-state index in [1.54, 1.807) is 0 Å². The van der Waals surface area contributed by atoms with E-state index in [4.69, 9.17) is 0 Å². The minimum Gasteiger partial charge on any atom is -0.396 e. The fourth-order valence-electron chi connectivity index (χ4n) is 1.50. The topological polar surface area (TPSA) is 95.1 Å². The van der Waals surface area contributed by atoms with Crippen LogP contribution in [0.4, 0.5) is 0 Å². The van der Waals surface area contributed by atoms with Gasteiger partial charge in [0.1, 0.15) is 0 Å². The summed E-state index contributed by atoms with van der Waals surface area (Å²) in [5.74, 6) is 0. The highest BCUT2D eigenvalue weighted by Gasteiger charge is 2.28. The molecule has 0 saturated carbocycles. The number of aromatic nitrogens is 2. The maximum Gasteiger partial charge on any atom is 0.257 e. The molecule has 0 aliphatic heterocycles. The molecule has 17 heavy (non-hydrogen) atoms. The lowest BCUT2D eigenvalue weighted by Gasteiger charge is -2.29. The first-order valence-corrected chi connectivity index (χ1v) is 7.07. The Bertz CT molecular complexity index is 415. The van der Waals surface area contributed by atoms with E-state index in [-0.39, 0.29) is 18.2 Å². The standard InChI is InChI=1S/C10H19N3O3S/c1-3-10(4-2,7-14)6-13-17(15,16)9-5-11-8-12-9/h5,8,13-14H,3-4,6-7H2,1-2H3,(H,11,12). The maximum absolute atomic E-state index is 11.8. The summed E-state index contributed by atoms with van der Waals surface area (Å²) in [5.41, 5.74) is -0.396. The van der Waals surface area contributed by atoms with Crippen molar-refractivity contribution in [1.82, 2.24) is 14.7 Å². The largest absolute Gasteiger partial charge is 0.396 e. The highest BCUT2D eigenvalue weighted by molar-refractivity contribution is 7.89. The molecule has 0 aliphatic carbocycles. The van der Waals surface area contributed by atoms with E-state index in [0.29, 0.717) is 12.8 Å². The zero-order valence-corrected chi connectivity index (χ0v) is 10.9. The monoisotopic (exact) mass is 261 g/mol. The van der Waals surface area contributed by atoms with Crippen molar-refractivity contribution in [3.05, 3.63) is 12.5 Å². The van der Waals surface area contributed by atoms with Crippen molar-refractivity contribution < 1.29 is 13.5 Å². The lowest BCUT2D eigenvalue weighted by Crippen LogP contribution is -2.39. The Labute approximate surface area is 102 Å². The van der Waals surface area contributed by atoms with E-state index in [0.717, 1.165) is 0 Å². The van der Waals surface area contributed by atoms with Gasteiger partial charge in [-0.2, -0.15) is 0 Å². The smallest absolute Gasteiger partial charge is 0.257 e. The van der Waals surface area contributed by atoms with Crippen molar-refractivity contribution in [3.63, 3.8) is 0 Å². The molecule has 3 N–H and O–H groups in total. The third-order valence-corrected chi connectivity index (χ3v) is 4.56. The van der Waals surface area contributed by atoms with Crippen molar-refractivity contribution >= 4 is 10.0 Å². The van der Waals surface area contributed by atoms with Crippen LogP contribution in [-0.4, -0.2) is 36.6 Å². The molecule has 1 aromatic heterocycles. The van der Waals surface area contributed by atoms with E-state index in [1.165, 1.54) is 12.5 Å². The Balaban J connectivity index is 2.73. The maximum atomic E-state index is 11.8. The van der Waals surface area contributed by atoms with Gasteiger partial charge < -0.3 is 10.1 Å². The molecule has 0 atom stereocenters. The van der Waals surface area contributed by atoms with Crippen LogP contribution in [0.15, 0.2) is 17.6 Å². The summed E-state index contributed by atoms with van der Waals surface area (Å²) >= 11 is 0. The Morgan fingerprint density at radius 1 is 1.47 bits per heavy atom. The predicted octanol–water partition coefficient (Wildman–Crippen LogP) is 0.487. The third-order valence-electron chi connectivity index (χ3n) is 3.24. The van der Waals surface area contributed by atoms with Gasteiger partial charge in [-0.3, -0.25) is 0 Å². The predicted molar refractivity (Wildman–Crippen MR) is 63.9 cm³/mol. The molecule has 98 valence electrons. The van der Waals surface area contributed by atoms with Crippen LogP contribution in [0, 0.1) is 5.41 Å². The minimum absolute atomic E-state index is 0.0362. The molecule has 0 unspecified atom stereocenters. The normalized spacial score (nSPS) is 12.9. The van der Waals surface area contributed by atoms with Gasteiger partial charge in [-0.1, -0.05) is 13.8 Å². The first-order valence-electron chi connectivity index (χ1n) is 5.58. The average Bonchev–Trinajstić information content (AvgIpc) is 2.86. The fourth-order valence-corrected chi connectivity index (χ4v) is 2.55. The molecule has 0 amide bonds. The second kappa shape index (κ2) is 5.61. The van der Waals surface area contributed by atoms with E-state index < -0.39 is 15.4 Å².